The maximum atomic E-state index is 9.48. The Bertz CT molecular complexity index is 139. The van der Waals surface area contributed by atoms with Crippen molar-refractivity contribution >= 4 is 11.8 Å². The van der Waals surface area contributed by atoms with Crippen LogP contribution in [-0.4, -0.2) is 28.9 Å². The summed E-state index contributed by atoms with van der Waals surface area (Å²) in [5, 5.41) is 13.1. The highest BCUT2D eigenvalue weighted by atomic mass is 32.2. The van der Waals surface area contributed by atoms with Crippen molar-refractivity contribution in [3.63, 3.8) is 0 Å². The fourth-order valence-corrected chi connectivity index (χ4v) is 2.54. The summed E-state index contributed by atoms with van der Waals surface area (Å²) < 4.78 is 0. The molecule has 0 radical (unpaired) electrons. The third kappa shape index (κ3) is 5.55. The summed E-state index contributed by atoms with van der Waals surface area (Å²) >= 11 is 2.00. The molecule has 0 amide bonds. The summed E-state index contributed by atoms with van der Waals surface area (Å²) in [6.07, 6.45) is 3.41. The van der Waals surface area contributed by atoms with E-state index in [0.29, 0.717) is 5.25 Å². The lowest BCUT2D eigenvalue weighted by Crippen LogP contribution is -2.30. The SMILES string of the molecule is CCNC(O)CC(C)SCC1CC1. The predicted octanol–water partition coefficient (Wildman–Crippen LogP) is 1.84. The van der Waals surface area contributed by atoms with Crippen LogP contribution >= 0.6 is 11.8 Å². The first kappa shape index (κ1) is 11.3. The molecule has 0 aromatic carbocycles. The van der Waals surface area contributed by atoms with Gasteiger partial charge in [0, 0.05) is 5.25 Å². The molecule has 2 nitrogen and oxygen atoms in total. The number of hydrogen-bond donors (Lipinski definition) is 2. The van der Waals surface area contributed by atoms with Crippen molar-refractivity contribution in [3.05, 3.63) is 0 Å². The third-order valence-electron chi connectivity index (χ3n) is 2.31. The Kier molecular flexibility index (Phi) is 5.14. The molecule has 0 aromatic rings. The van der Waals surface area contributed by atoms with Crippen LogP contribution in [0.25, 0.3) is 0 Å². The van der Waals surface area contributed by atoms with Crippen molar-refractivity contribution in [2.24, 2.45) is 5.92 Å². The van der Waals surface area contributed by atoms with Crippen LogP contribution in [0, 0.1) is 5.92 Å². The molecule has 2 N–H and O–H groups in total. The van der Waals surface area contributed by atoms with Crippen LogP contribution in [0.2, 0.25) is 0 Å². The quantitative estimate of drug-likeness (QED) is 0.619. The third-order valence-corrected chi connectivity index (χ3v) is 3.73. The monoisotopic (exact) mass is 203 g/mol. The number of nitrogens with one attached hydrogen (secondary N) is 1. The predicted molar refractivity (Wildman–Crippen MR) is 58.9 cm³/mol. The molecule has 1 rings (SSSR count). The van der Waals surface area contributed by atoms with Crippen LogP contribution in [0.15, 0.2) is 0 Å². The molecule has 1 aliphatic rings. The Hall–Kier alpha value is 0.270. The van der Waals surface area contributed by atoms with E-state index in [0.717, 1.165) is 18.9 Å². The van der Waals surface area contributed by atoms with Gasteiger partial charge in [-0.2, -0.15) is 11.8 Å². The van der Waals surface area contributed by atoms with Gasteiger partial charge in [-0.15, -0.1) is 0 Å². The van der Waals surface area contributed by atoms with Crippen molar-refractivity contribution in [3.8, 4) is 0 Å². The largest absolute Gasteiger partial charge is 0.379 e. The fourth-order valence-electron chi connectivity index (χ4n) is 1.29. The topological polar surface area (TPSA) is 32.3 Å². The zero-order valence-electron chi connectivity index (χ0n) is 8.62. The van der Waals surface area contributed by atoms with Crippen LogP contribution in [-0.2, 0) is 0 Å². The minimum Gasteiger partial charge on any atom is -0.379 e. The van der Waals surface area contributed by atoms with Gasteiger partial charge in [-0.05, 0) is 37.5 Å². The van der Waals surface area contributed by atoms with Crippen molar-refractivity contribution in [2.75, 3.05) is 12.3 Å². The van der Waals surface area contributed by atoms with Gasteiger partial charge in [0.2, 0.25) is 0 Å². The van der Waals surface area contributed by atoms with Gasteiger partial charge in [-0.25, -0.2) is 0 Å². The average Bonchev–Trinajstić information content (AvgIpc) is 2.84. The molecular formula is C10H21NOS. The van der Waals surface area contributed by atoms with E-state index in [9.17, 15) is 5.11 Å². The summed E-state index contributed by atoms with van der Waals surface area (Å²) in [4.78, 5) is 0. The van der Waals surface area contributed by atoms with Crippen LogP contribution in [0.1, 0.15) is 33.1 Å². The van der Waals surface area contributed by atoms with Gasteiger partial charge in [-0.1, -0.05) is 13.8 Å². The van der Waals surface area contributed by atoms with Crippen LogP contribution < -0.4 is 5.32 Å². The van der Waals surface area contributed by atoms with Crippen LogP contribution in [0.3, 0.4) is 0 Å². The van der Waals surface area contributed by atoms with E-state index in [2.05, 4.69) is 12.2 Å². The molecule has 0 aliphatic heterocycles. The van der Waals surface area contributed by atoms with E-state index in [4.69, 9.17) is 0 Å². The first-order valence-corrected chi connectivity index (χ1v) is 6.30. The number of thioether (sulfide) groups is 1. The Morgan fingerprint density at radius 3 is 2.77 bits per heavy atom. The van der Waals surface area contributed by atoms with E-state index >= 15 is 0 Å². The maximum Gasteiger partial charge on any atom is 0.105 e. The highest BCUT2D eigenvalue weighted by Gasteiger charge is 2.22. The molecule has 2 unspecified atom stereocenters. The maximum absolute atomic E-state index is 9.48. The van der Waals surface area contributed by atoms with Crippen LogP contribution in [0.4, 0.5) is 0 Å². The molecule has 78 valence electrons. The first-order valence-electron chi connectivity index (χ1n) is 5.25. The van der Waals surface area contributed by atoms with E-state index in [1.807, 2.05) is 18.7 Å². The second kappa shape index (κ2) is 5.89. The van der Waals surface area contributed by atoms with E-state index in [-0.39, 0.29) is 6.23 Å². The molecule has 1 aliphatic carbocycles. The molecular weight excluding hydrogens is 182 g/mol. The minimum absolute atomic E-state index is 0.313. The highest BCUT2D eigenvalue weighted by molar-refractivity contribution is 7.99. The lowest BCUT2D eigenvalue weighted by atomic mass is 10.3. The highest BCUT2D eigenvalue weighted by Crippen LogP contribution is 2.34. The van der Waals surface area contributed by atoms with Gasteiger partial charge < -0.3 is 5.11 Å². The van der Waals surface area contributed by atoms with E-state index in [1.165, 1.54) is 18.6 Å². The van der Waals surface area contributed by atoms with Gasteiger partial charge in [0.25, 0.3) is 0 Å². The molecule has 0 saturated heterocycles. The number of hydrogen-bond acceptors (Lipinski definition) is 3. The van der Waals surface area contributed by atoms with Gasteiger partial charge in [-0.3, -0.25) is 5.32 Å². The molecule has 0 spiro atoms. The van der Waals surface area contributed by atoms with Crippen LogP contribution in [0.5, 0.6) is 0 Å². The number of rotatable bonds is 7. The molecule has 0 aromatic heterocycles. The molecule has 3 heteroatoms. The summed E-state index contributed by atoms with van der Waals surface area (Å²) in [6.45, 7) is 5.07. The molecule has 0 heterocycles. The normalized spacial score (nSPS) is 21.5. The second-order valence-corrected chi connectivity index (χ2v) is 5.37. The molecule has 2 atom stereocenters. The van der Waals surface area contributed by atoms with Crippen molar-refractivity contribution in [1.82, 2.24) is 5.32 Å². The summed E-state index contributed by atoms with van der Waals surface area (Å²) in [5.41, 5.74) is 0. The lowest BCUT2D eigenvalue weighted by molar-refractivity contribution is 0.131. The molecule has 1 fully saturated rings. The van der Waals surface area contributed by atoms with Gasteiger partial charge in [0.05, 0.1) is 0 Å². The Morgan fingerprint density at radius 1 is 1.54 bits per heavy atom. The van der Waals surface area contributed by atoms with E-state index < -0.39 is 0 Å². The minimum atomic E-state index is -0.313. The first-order chi connectivity index (χ1) is 6.22. The van der Waals surface area contributed by atoms with Crippen molar-refractivity contribution < 1.29 is 5.11 Å². The second-order valence-electron chi connectivity index (χ2n) is 3.90. The summed E-state index contributed by atoms with van der Waals surface area (Å²) in [7, 11) is 0. The number of aliphatic hydroxyl groups is 1. The van der Waals surface area contributed by atoms with Crippen molar-refractivity contribution in [2.45, 2.75) is 44.6 Å². The van der Waals surface area contributed by atoms with Crippen molar-refractivity contribution in [1.29, 1.82) is 0 Å². The van der Waals surface area contributed by atoms with Gasteiger partial charge in [0.15, 0.2) is 0 Å². The van der Waals surface area contributed by atoms with Gasteiger partial charge in [0.1, 0.15) is 6.23 Å². The van der Waals surface area contributed by atoms with E-state index in [1.54, 1.807) is 0 Å². The summed E-state index contributed by atoms with van der Waals surface area (Å²) in [5.74, 6) is 2.28. The number of aliphatic hydroxyl groups excluding tert-OH is 1. The smallest absolute Gasteiger partial charge is 0.105 e. The van der Waals surface area contributed by atoms with Gasteiger partial charge >= 0.3 is 0 Å². The molecule has 13 heavy (non-hydrogen) atoms. The lowest BCUT2D eigenvalue weighted by Gasteiger charge is -2.16. The summed E-state index contributed by atoms with van der Waals surface area (Å²) in [6, 6.07) is 0. The average molecular weight is 203 g/mol. The standard InChI is InChI=1S/C10H21NOS/c1-3-11-10(12)6-8(2)13-7-9-4-5-9/h8-12H,3-7H2,1-2H3. The zero-order valence-corrected chi connectivity index (χ0v) is 9.44. The zero-order chi connectivity index (χ0) is 9.68. The Morgan fingerprint density at radius 2 is 2.23 bits per heavy atom. The molecule has 0 bridgehead atoms. The fraction of sp³-hybridized carbons (Fsp3) is 1.00. The Balaban J connectivity index is 1.97. The Labute approximate surface area is 85.5 Å². The molecule has 1 saturated carbocycles.